The van der Waals surface area contributed by atoms with Crippen LogP contribution in [-0.2, 0) is 0 Å². The minimum Gasteiger partial charge on any atom is -0.224 e. The highest BCUT2D eigenvalue weighted by molar-refractivity contribution is 5.79. The predicted octanol–water partition coefficient (Wildman–Crippen LogP) is 2.83. The molecule has 6 heteroatoms. The van der Waals surface area contributed by atoms with Gasteiger partial charge in [-0.05, 0) is 28.5 Å². The molecule has 3 rings (SSSR count). The molecule has 19 heavy (non-hydrogen) atoms. The second-order valence-corrected chi connectivity index (χ2v) is 3.96. The molecule has 1 aromatic heterocycles. The first-order chi connectivity index (χ1) is 9.38. The number of halogens is 1. The lowest BCUT2D eigenvalue weighted by atomic mass is 10.0. The molecule has 0 aliphatic carbocycles. The van der Waals surface area contributed by atoms with E-state index in [1.807, 2.05) is 42.5 Å². The molecule has 0 bridgehead atoms. The fourth-order valence-electron chi connectivity index (χ4n) is 1.90. The van der Waals surface area contributed by atoms with Crippen molar-refractivity contribution in [2.45, 2.75) is 0 Å². The Bertz CT molecular complexity index is 667. The van der Waals surface area contributed by atoms with Crippen molar-refractivity contribution in [1.29, 1.82) is 0 Å². The molecule has 0 saturated heterocycles. The van der Waals surface area contributed by atoms with E-state index in [4.69, 9.17) is 0 Å². The molecule has 0 unspecified atom stereocenters. The van der Waals surface area contributed by atoms with E-state index in [2.05, 4.69) is 20.6 Å². The van der Waals surface area contributed by atoms with Gasteiger partial charge in [-0.1, -0.05) is 36.4 Å². The van der Waals surface area contributed by atoms with Crippen LogP contribution >= 0.6 is 0 Å². The molecule has 0 atom stereocenters. The molecular formula is C13H10FN5. The first kappa shape index (κ1) is 11.3. The maximum atomic E-state index is 12.8. The second-order valence-electron chi connectivity index (χ2n) is 3.96. The van der Waals surface area contributed by atoms with Gasteiger partial charge >= 0.3 is 0 Å². The van der Waals surface area contributed by atoms with Crippen molar-refractivity contribution < 1.29 is 4.48 Å². The normalized spacial score (nSPS) is 10.4. The first-order valence-electron chi connectivity index (χ1n) is 5.68. The van der Waals surface area contributed by atoms with Crippen LogP contribution in [0.25, 0.3) is 22.5 Å². The molecule has 0 saturated carbocycles. The summed E-state index contributed by atoms with van der Waals surface area (Å²) < 4.78 is 12.8. The number of tetrazole rings is 1. The van der Waals surface area contributed by atoms with E-state index in [9.17, 15) is 4.48 Å². The fraction of sp³-hybridized carbons (Fsp3) is 0. The zero-order valence-electron chi connectivity index (χ0n) is 9.84. The molecule has 0 fully saturated rings. The minimum absolute atomic E-state index is 0.307. The lowest BCUT2D eigenvalue weighted by molar-refractivity contribution is 0.618. The minimum atomic E-state index is 0.307. The van der Waals surface area contributed by atoms with Gasteiger partial charge in [-0.25, -0.2) is 5.54 Å². The van der Waals surface area contributed by atoms with E-state index in [0.29, 0.717) is 17.1 Å². The molecule has 5 nitrogen and oxygen atoms in total. The number of benzene rings is 2. The van der Waals surface area contributed by atoms with Crippen molar-refractivity contribution in [3.05, 3.63) is 48.5 Å². The van der Waals surface area contributed by atoms with Crippen LogP contribution in [0.15, 0.2) is 48.5 Å². The van der Waals surface area contributed by atoms with Gasteiger partial charge in [-0.2, -0.15) is 5.21 Å². The van der Waals surface area contributed by atoms with Crippen molar-refractivity contribution in [3.8, 4) is 22.5 Å². The molecule has 0 radical (unpaired) electrons. The maximum Gasteiger partial charge on any atom is 0.206 e. The third-order valence-electron chi connectivity index (χ3n) is 2.81. The molecule has 0 amide bonds. The van der Waals surface area contributed by atoms with Crippen molar-refractivity contribution in [1.82, 2.24) is 20.6 Å². The van der Waals surface area contributed by atoms with Gasteiger partial charge in [0.25, 0.3) is 0 Å². The number of nitrogens with one attached hydrogen (secondary N) is 2. The van der Waals surface area contributed by atoms with Gasteiger partial charge in [0.15, 0.2) is 0 Å². The summed E-state index contributed by atoms with van der Waals surface area (Å²) in [7, 11) is 0. The van der Waals surface area contributed by atoms with Gasteiger partial charge in [0.1, 0.15) is 0 Å². The molecular weight excluding hydrogens is 245 g/mol. The van der Waals surface area contributed by atoms with Crippen molar-refractivity contribution in [2.24, 2.45) is 0 Å². The standard InChI is InChI=1S/C13H10FN5/c14-15-12-7-6-10(9-4-2-1-3-5-9)8-11(12)13-16-18-19-17-13/h1-8,15H,(H,16,17,18,19). The third-order valence-corrected chi connectivity index (χ3v) is 2.81. The Morgan fingerprint density at radius 2 is 1.84 bits per heavy atom. The molecule has 2 aromatic carbocycles. The summed E-state index contributed by atoms with van der Waals surface area (Å²) >= 11 is 0. The second kappa shape index (κ2) is 4.85. The largest absolute Gasteiger partial charge is 0.224 e. The lowest BCUT2D eigenvalue weighted by Gasteiger charge is -2.07. The monoisotopic (exact) mass is 255 g/mol. The number of rotatable bonds is 3. The molecule has 2 N–H and O–H groups in total. The van der Waals surface area contributed by atoms with Crippen LogP contribution in [0.3, 0.4) is 0 Å². The van der Waals surface area contributed by atoms with Crippen LogP contribution in [0.4, 0.5) is 10.2 Å². The first-order valence-corrected chi connectivity index (χ1v) is 5.68. The molecule has 0 aliphatic rings. The van der Waals surface area contributed by atoms with Crippen molar-refractivity contribution in [3.63, 3.8) is 0 Å². The topological polar surface area (TPSA) is 66.5 Å². The molecule has 0 aliphatic heterocycles. The number of H-pyrrole nitrogens is 1. The van der Waals surface area contributed by atoms with E-state index in [-0.39, 0.29) is 0 Å². The highest BCUT2D eigenvalue weighted by atomic mass is 19.2. The maximum absolute atomic E-state index is 12.8. The summed E-state index contributed by atoms with van der Waals surface area (Å²) in [5.41, 5.74) is 4.50. The molecule has 1 heterocycles. The molecule has 3 aromatic rings. The molecule has 0 spiro atoms. The van der Waals surface area contributed by atoms with Gasteiger partial charge in [0.2, 0.25) is 5.82 Å². The van der Waals surface area contributed by atoms with E-state index in [0.717, 1.165) is 11.1 Å². The Morgan fingerprint density at radius 3 is 2.53 bits per heavy atom. The zero-order valence-corrected chi connectivity index (χ0v) is 9.84. The number of aromatic amines is 1. The highest BCUT2D eigenvalue weighted by Gasteiger charge is 2.11. The van der Waals surface area contributed by atoms with Gasteiger partial charge in [-0.15, -0.1) is 14.7 Å². The van der Waals surface area contributed by atoms with Crippen LogP contribution in [0.2, 0.25) is 0 Å². The van der Waals surface area contributed by atoms with Gasteiger partial charge in [0.05, 0.1) is 5.69 Å². The highest BCUT2D eigenvalue weighted by Crippen LogP contribution is 2.30. The van der Waals surface area contributed by atoms with Crippen LogP contribution in [0, 0.1) is 0 Å². The van der Waals surface area contributed by atoms with Crippen molar-refractivity contribution in [2.75, 3.05) is 5.54 Å². The summed E-state index contributed by atoms with van der Waals surface area (Å²) in [6.45, 7) is 0. The summed E-state index contributed by atoms with van der Waals surface area (Å²) in [6.07, 6.45) is 0. The smallest absolute Gasteiger partial charge is 0.206 e. The predicted molar refractivity (Wildman–Crippen MR) is 69.8 cm³/mol. The van der Waals surface area contributed by atoms with Gasteiger partial charge in [-0.3, -0.25) is 0 Å². The zero-order chi connectivity index (χ0) is 13.1. The average Bonchev–Trinajstić information content (AvgIpc) is 3.01. The summed E-state index contributed by atoms with van der Waals surface area (Å²) in [4.78, 5) is 0. The van der Waals surface area contributed by atoms with E-state index < -0.39 is 0 Å². The Hall–Kier alpha value is -2.76. The number of nitrogens with zero attached hydrogens (tertiary/aromatic N) is 3. The Labute approximate surface area is 108 Å². The Balaban J connectivity index is 2.13. The number of aromatic nitrogens is 4. The fourth-order valence-corrected chi connectivity index (χ4v) is 1.90. The number of hydrogen-bond donors (Lipinski definition) is 2. The summed E-state index contributed by atoms with van der Waals surface area (Å²) in [5, 5.41) is 13.6. The number of anilines is 1. The van der Waals surface area contributed by atoms with Crippen LogP contribution in [-0.4, -0.2) is 20.6 Å². The van der Waals surface area contributed by atoms with Crippen LogP contribution < -0.4 is 5.54 Å². The lowest BCUT2D eigenvalue weighted by Crippen LogP contribution is -1.91. The quantitative estimate of drug-likeness (QED) is 0.706. The van der Waals surface area contributed by atoms with E-state index in [1.165, 1.54) is 0 Å². The summed E-state index contributed by atoms with van der Waals surface area (Å²) in [5.74, 6) is 0.345. The van der Waals surface area contributed by atoms with E-state index >= 15 is 0 Å². The summed E-state index contributed by atoms with van der Waals surface area (Å²) in [6, 6.07) is 15.1. The number of hydrogen-bond acceptors (Lipinski definition) is 4. The van der Waals surface area contributed by atoms with Crippen LogP contribution in [0.1, 0.15) is 0 Å². The third kappa shape index (κ3) is 2.15. The SMILES string of the molecule is FNc1ccc(-c2ccccc2)cc1-c1nn[nH]n1. The van der Waals surface area contributed by atoms with Gasteiger partial charge < -0.3 is 0 Å². The van der Waals surface area contributed by atoms with E-state index in [1.54, 1.807) is 11.6 Å². The molecule has 94 valence electrons. The Morgan fingerprint density at radius 1 is 1.00 bits per heavy atom. The Kier molecular flexibility index (Phi) is 2.89. The van der Waals surface area contributed by atoms with Crippen LogP contribution in [0.5, 0.6) is 0 Å². The van der Waals surface area contributed by atoms with Gasteiger partial charge in [0, 0.05) is 5.56 Å². The van der Waals surface area contributed by atoms with Crippen molar-refractivity contribution >= 4 is 5.69 Å². The average molecular weight is 255 g/mol.